The van der Waals surface area contributed by atoms with Crippen LogP contribution < -0.4 is 21.5 Å². The average Bonchev–Trinajstić information content (AvgIpc) is 3.52. The van der Waals surface area contributed by atoms with Crippen LogP contribution in [-0.2, 0) is 17.8 Å². The quantitative estimate of drug-likeness (QED) is 0.192. The van der Waals surface area contributed by atoms with Crippen molar-refractivity contribution in [3.63, 3.8) is 0 Å². The lowest BCUT2D eigenvalue weighted by molar-refractivity contribution is 0.0612. The number of nitrogens with two attached hydrogens (primary N) is 1. The highest BCUT2D eigenvalue weighted by atomic mass is 19.1. The zero-order chi connectivity index (χ0) is 30.6. The third-order valence-electron chi connectivity index (χ3n) is 7.97. The molecule has 0 saturated carbocycles. The average molecular weight is 595 g/mol. The minimum atomic E-state index is -0.537. The lowest BCUT2D eigenvalue weighted by Gasteiger charge is -2.24. The number of nitrogen functional groups attached to an aromatic ring is 1. The molecule has 9 nitrogen and oxygen atoms in total. The molecule has 0 spiro atoms. The summed E-state index contributed by atoms with van der Waals surface area (Å²) in [6.45, 7) is 6.96. The smallest absolute Gasteiger partial charge is 0.215 e. The molecule has 3 aromatic heterocycles. The van der Waals surface area contributed by atoms with Gasteiger partial charge in [-0.2, -0.15) is 5.10 Å². The number of halogens is 1. The van der Waals surface area contributed by atoms with Crippen LogP contribution in [0.4, 0.5) is 15.9 Å². The number of anilines is 2. The number of aromatic nitrogens is 4. The molecule has 1 aliphatic rings. The van der Waals surface area contributed by atoms with E-state index in [4.69, 9.17) is 15.3 Å². The largest absolute Gasteiger partial charge is 0.383 e. The van der Waals surface area contributed by atoms with Crippen molar-refractivity contribution in [3.05, 3.63) is 101 Å². The molecule has 44 heavy (non-hydrogen) atoms. The third kappa shape index (κ3) is 6.35. The second kappa shape index (κ2) is 12.7. The summed E-state index contributed by atoms with van der Waals surface area (Å²) in [6, 6.07) is 14.1. The highest BCUT2D eigenvalue weighted by molar-refractivity contribution is 5.79. The SMILES string of the molecule is CCn1cc(-c2cnc(N)c(-c3ccc(ONc4cn(CC5CCOCC5)cc(-c5ccc(C)cc5)c4=O)cc3F)c2)cn1. The standard InChI is InChI=1S/C34H35FN6O3/c1-3-41-19-26(17-38-41)25-14-29(34(36)37-16-25)28-9-8-27(15-31(28)35)44-39-32-21-40(18-23-10-12-43-13-11-23)20-30(33(32)42)24-6-4-22(2)5-7-24/h4-9,14-17,19-21,23,39H,3,10-13,18H2,1-2H3,(H2,36,37). The number of hydrogen-bond donors (Lipinski definition) is 2. The molecule has 0 aliphatic carbocycles. The first kappa shape index (κ1) is 29.1. The molecule has 0 atom stereocenters. The summed E-state index contributed by atoms with van der Waals surface area (Å²) in [5, 5.41) is 4.31. The summed E-state index contributed by atoms with van der Waals surface area (Å²) < 4.78 is 24.8. The van der Waals surface area contributed by atoms with Gasteiger partial charge in [-0.3, -0.25) is 9.48 Å². The summed E-state index contributed by atoms with van der Waals surface area (Å²) in [6.07, 6.45) is 10.9. The Balaban J connectivity index is 1.26. The van der Waals surface area contributed by atoms with Gasteiger partial charge in [0.15, 0.2) is 5.75 Å². The van der Waals surface area contributed by atoms with Gasteiger partial charge in [0, 0.05) is 85.0 Å². The predicted molar refractivity (Wildman–Crippen MR) is 170 cm³/mol. The molecule has 0 unspecified atom stereocenters. The summed E-state index contributed by atoms with van der Waals surface area (Å²) >= 11 is 0. The van der Waals surface area contributed by atoms with E-state index in [9.17, 15) is 4.79 Å². The summed E-state index contributed by atoms with van der Waals surface area (Å²) in [7, 11) is 0. The monoisotopic (exact) mass is 594 g/mol. The fraction of sp³-hybridized carbons (Fsp3) is 0.265. The Kier molecular flexibility index (Phi) is 8.42. The number of nitrogens with zero attached hydrogens (tertiary/aromatic N) is 4. The van der Waals surface area contributed by atoms with Crippen LogP contribution in [0.1, 0.15) is 25.3 Å². The van der Waals surface area contributed by atoms with Crippen molar-refractivity contribution < 1.29 is 14.0 Å². The fourth-order valence-electron chi connectivity index (χ4n) is 5.40. The number of nitrogens with one attached hydrogen (secondary N) is 1. The molecule has 226 valence electrons. The number of rotatable bonds is 9. The summed E-state index contributed by atoms with van der Waals surface area (Å²) in [4.78, 5) is 23.6. The zero-order valence-corrected chi connectivity index (χ0v) is 24.8. The molecule has 3 N–H and O–H groups in total. The van der Waals surface area contributed by atoms with Crippen molar-refractivity contribution in [1.82, 2.24) is 19.3 Å². The number of ether oxygens (including phenoxy) is 1. The lowest BCUT2D eigenvalue weighted by atomic mass is 10.00. The van der Waals surface area contributed by atoms with E-state index in [-0.39, 0.29) is 28.2 Å². The van der Waals surface area contributed by atoms with E-state index >= 15 is 4.39 Å². The number of hydrogen-bond acceptors (Lipinski definition) is 7. The van der Waals surface area contributed by atoms with E-state index in [0.29, 0.717) is 17.0 Å². The van der Waals surface area contributed by atoms with Gasteiger partial charge in [-0.05, 0) is 56.4 Å². The van der Waals surface area contributed by atoms with E-state index in [1.165, 1.54) is 6.07 Å². The van der Waals surface area contributed by atoms with Gasteiger partial charge < -0.3 is 19.9 Å². The van der Waals surface area contributed by atoms with Crippen LogP contribution in [0.25, 0.3) is 33.4 Å². The number of aryl methyl sites for hydroxylation is 2. The molecule has 0 amide bonds. The molecular formula is C34H35FN6O3. The van der Waals surface area contributed by atoms with E-state index in [2.05, 4.69) is 15.6 Å². The maximum atomic E-state index is 15.5. The second-order valence-corrected chi connectivity index (χ2v) is 11.1. The van der Waals surface area contributed by atoms with Gasteiger partial charge in [0.1, 0.15) is 17.3 Å². The molecule has 6 rings (SSSR count). The molecule has 0 radical (unpaired) electrons. The van der Waals surface area contributed by atoms with Gasteiger partial charge in [0.05, 0.1) is 6.20 Å². The van der Waals surface area contributed by atoms with Crippen molar-refractivity contribution in [2.75, 3.05) is 24.4 Å². The first-order valence-electron chi connectivity index (χ1n) is 14.8. The Morgan fingerprint density at radius 2 is 1.77 bits per heavy atom. The Morgan fingerprint density at radius 3 is 2.50 bits per heavy atom. The zero-order valence-electron chi connectivity index (χ0n) is 24.8. The molecule has 1 fully saturated rings. The molecule has 0 bridgehead atoms. The summed E-state index contributed by atoms with van der Waals surface area (Å²) in [5.41, 5.74) is 13.9. The van der Waals surface area contributed by atoms with Crippen molar-refractivity contribution in [2.24, 2.45) is 5.92 Å². The molecule has 10 heteroatoms. The topological polar surface area (TPSA) is 109 Å². The van der Waals surface area contributed by atoms with Gasteiger partial charge in [-0.25, -0.2) is 14.9 Å². The minimum Gasteiger partial charge on any atom is -0.383 e. The summed E-state index contributed by atoms with van der Waals surface area (Å²) in [5.74, 6) is 0.315. The van der Waals surface area contributed by atoms with Crippen molar-refractivity contribution in [3.8, 4) is 39.1 Å². The van der Waals surface area contributed by atoms with Crippen LogP contribution >= 0.6 is 0 Å². The number of benzene rings is 2. The van der Waals surface area contributed by atoms with Crippen LogP contribution in [0.15, 0.2) is 84.3 Å². The van der Waals surface area contributed by atoms with Crippen LogP contribution in [-0.4, -0.2) is 32.5 Å². The first-order valence-corrected chi connectivity index (χ1v) is 14.8. The molecule has 5 aromatic rings. The van der Waals surface area contributed by atoms with Crippen molar-refractivity contribution in [1.29, 1.82) is 0 Å². The van der Waals surface area contributed by atoms with Crippen LogP contribution in [0.2, 0.25) is 0 Å². The highest BCUT2D eigenvalue weighted by Gasteiger charge is 2.18. The van der Waals surface area contributed by atoms with Gasteiger partial charge in [-0.1, -0.05) is 29.8 Å². The Labute approximate surface area is 255 Å². The van der Waals surface area contributed by atoms with Gasteiger partial charge in [-0.15, -0.1) is 0 Å². The van der Waals surface area contributed by atoms with Gasteiger partial charge in [0.2, 0.25) is 5.43 Å². The Bertz CT molecular complexity index is 1830. The second-order valence-electron chi connectivity index (χ2n) is 11.1. The molecular weight excluding hydrogens is 559 g/mol. The highest BCUT2D eigenvalue weighted by Crippen LogP contribution is 2.33. The minimum absolute atomic E-state index is 0.203. The molecule has 1 aliphatic heterocycles. The van der Waals surface area contributed by atoms with Crippen LogP contribution in [0.3, 0.4) is 0 Å². The molecule has 4 heterocycles. The van der Waals surface area contributed by atoms with Gasteiger partial charge >= 0.3 is 0 Å². The predicted octanol–water partition coefficient (Wildman–Crippen LogP) is 6.32. The van der Waals surface area contributed by atoms with E-state index in [1.807, 2.05) is 55.1 Å². The number of pyridine rings is 2. The lowest BCUT2D eigenvalue weighted by Crippen LogP contribution is -2.23. The molecule has 2 aromatic carbocycles. The maximum absolute atomic E-state index is 15.5. The van der Waals surface area contributed by atoms with Crippen LogP contribution in [0.5, 0.6) is 5.75 Å². The van der Waals surface area contributed by atoms with Crippen LogP contribution in [0, 0.1) is 18.7 Å². The normalized spacial score (nSPS) is 13.6. The third-order valence-corrected chi connectivity index (χ3v) is 7.97. The Morgan fingerprint density at radius 1 is 0.977 bits per heavy atom. The van der Waals surface area contributed by atoms with E-state index < -0.39 is 5.82 Å². The first-order chi connectivity index (χ1) is 21.4. The van der Waals surface area contributed by atoms with E-state index in [0.717, 1.165) is 61.4 Å². The van der Waals surface area contributed by atoms with Crippen molar-refractivity contribution >= 4 is 11.5 Å². The Hall–Kier alpha value is -4.96. The fourth-order valence-corrected chi connectivity index (χ4v) is 5.40. The van der Waals surface area contributed by atoms with Crippen molar-refractivity contribution in [2.45, 2.75) is 39.8 Å². The maximum Gasteiger partial charge on any atom is 0.215 e. The van der Waals surface area contributed by atoms with E-state index in [1.54, 1.807) is 41.5 Å². The van der Waals surface area contributed by atoms with Gasteiger partial charge in [0.25, 0.3) is 0 Å². The molecule has 1 saturated heterocycles.